The van der Waals surface area contributed by atoms with Crippen LogP contribution in [0.25, 0.3) is 0 Å². The molecule has 0 fully saturated rings. The highest BCUT2D eigenvalue weighted by Gasteiger charge is 2.31. The van der Waals surface area contributed by atoms with Crippen LogP contribution in [0.15, 0.2) is 49.6 Å². The Morgan fingerprint density at radius 2 is 1.48 bits per heavy atom. The summed E-state index contributed by atoms with van der Waals surface area (Å²) in [7, 11) is 0. The average molecular weight is 288 g/mol. The summed E-state index contributed by atoms with van der Waals surface area (Å²) in [5, 5.41) is 19.0. The van der Waals surface area contributed by atoms with E-state index in [-0.39, 0.29) is 18.9 Å². The maximum atomic E-state index is 13.1. The van der Waals surface area contributed by atoms with E-state index in [0.29, 0.717) is 5.56 Å². The number of nitrogens with zero attached hydrogens (tertiary/aromatic N) is 6. The highest BCUT2D eigenvalue weighted by atomic mass is 19.1. The van der Waals surface area contributed by atoms with Gasteiger partial charge in [-0.15, -0.1) is 0 Å². The minimum absolute atomic E-state index is 0.165. The molecule has 3 aromatic rings. The van der Waals surface area contributed by atoms with Crippen molar-refractivity contribution in [2.75, 3.05) is 0 Å². The highest BCUT2D eigenvalue weighted by molar-refractivity contribution is 5.23. The zero-order chi connectivity index (χ0) is 14.7. The molecule has 0 bridgehead atoms. The van der Waals surface area contributed by atoms with E-state index in [1.165, 1.54) is 46.8 Å². The second kappa shape index (κ2) is 5.41. The molecule has 0 saturated carbocycles. The van der Waals surface area contributed by atoms with Crippen LogP contribution in [0.1, 0.15) is 5.56 Å². The Balaban J connectivity index is 1.94. The first kappa shape index (κ1) is 13.4. The number of aliphatic hydroxyl groups is 1. The SMILES string of the molecule is OC(Cn1cncn1)(Cn1cncn1)c1ccc(F)cc1. The first-order chi connectivity index (χ1) is 10.2. The van der Waals surface area contributed by atoms with Gasteiger partial charge in [-0.1, -0.05) is 12.1 Å². The van der Waals surface area contributed by atoms with Gasteiger partial charge in [0.15, 0.2) is 0 Å². The second-order valence-corrected chi connectivity index (χ2v) is 4.72. The summed E-state index contributed by atoms with van der Waals surface area (Å²) >= 11 is 0. The van der Waals surface area contributed by atoms with Crippen molar-refractivity contribution in [3.63, 3.8) is 0 Å². The third kappa shape index (κ3) is 2.95. The number of aromatic nitrogens is 6. The standard InChI is InChI=1S/C13H13FN6O/c14-12-3-1-11(2-4-12)13(21,5-19-9-15-7-17-19)6-20-10-16-8-18-20/h1-4,7-10,21H,5-6H2. The fourth-order valence-corrected chi connectivity index (χ4v) is 2.16. The van der Waals surface area contributed by atoms with E-state index in [1.807, 2.05) is 0 Å². The molecule has 2 heterocycles. The number of hydrogen-bond acceptors (Lipinski definition) is 5. The number of halogens is 1. The number of hydrogen-bond donors (Lipinski definition) is 1. The van der Waals surface area contributed by atoms with Crippen LogP contribution in [0, 0.1) is 5.82 Å². The summed E-state index contributed by atoms with van der Waals surface area (Å²) in [4.78, 5) is 7.71. The zero-order valence-corrected chi connectivity index (χ0v) is 11.0. The Bertz CT molecular complexity index is 644. The Morgan fingerprint density at radius 1 is 0.952 bits per heavy atom. The van der Waals surface area contributed by atoms with Crippen LogP contribution in [0.2, 0.25) is 0 Å². The Morgan fingerprint density at radius 3 is 1.90 bits per heavy atom. The number of rotatable bonds is 5. The Hall–Kier alpha value is -2.61. The fourth-order valence-electron chi connectivity index (χ4n) is 2.16. The molecule has 0 radical (unpaired) electrons. The Labute approximate surface area is 119 Å². The maximum absolute atomic E-state index is 13.1. The van der Waals surface area contributed by atoms with Crippen LogP contribution in [0.5, 0.6) is 0 Å². The largest absolute Gasteiger partial charge is 0.381 e. The summed E-state index contributed by atoms with van der Waals surface area (Å²) in [5.74, 6) is -0.359. The van der Waals surface area contributed by atoms with E-state index in [4.69, 9.17) is 0 Å². The molecule has 1 aromatic carbocycles. The van der Waals surface area contributed by atoms with Crippen LogP contribution < -0.4 is 0 Å². The lowest BCUT2D eigenvalue weighted by Gasteiger charge is -2.28. The average Bonchev–Trinajstić information content (AvgIpc) is 3.13. The molecule has 0 saturated heterocycles. The topological polar surface area (TPSA) is 81.6 Å². The summed E-state index contributed by atoms with van der Waals surface area (Å²) in [6, 6.07) is 5.71. The van der Waals surface area contributed by atoms with Gasteiger partial charge in [0, 0.05) is 0 Å². The van der Waals surface area contributed by atoms with Gasteiger partial charge in [-0.25, -0.2) is 23.7 Å². The molecule has 0 aliphatic carbocycles. The molecule has 0 unspecified atom stereocenters. The van der Waals surface area contributed by atoms with Crippen molar-refractivity contribution < 1.29 is 9.50 Å². The van der Waals surface area contributed by atoms with Gasteiger partial charge in [0.25, 0.3) is 0 Å². The first-order valence-corrected chi connectivity index (χ1v) is 6.29. The van der Waals surface area contributed by atoms with Crippen molar-refractivity contribution in [2.45, 2.75) is 18.7 Å². The smallest absolute Gasteiger partial charge is 0.137 e. The molecular weight excluding hydrogens is 275 g/mol. The van der Waals surface area contributed by atoms with Gasteiger partial charge in [0.2, 0.25) is 0 Å². The first-order valence-electron chi connectivity index (χ1n) is 6.29. The van der Waals surface area contributed by atoms with Crippen molar-refractivity contribution >= 4 is 0 Å². The lowest BCUT2D eigenvalue weighted by Crippen LogP contribution is -2.36. The highest BCUT2D eigenvalue weighted by Crippen LogP contribution is 2.25. The molecule has 0 aliphatic rings. The minimum atomic E-state index is -1.31. The van der Waals surface area contributed by atoms with Gasteiger partial charge in [-0.2, -0.15) is 10.2 Å². The number of benzene rings is 1. The summed E-state index contributed by atoms with van der Waals surface area (Å²) < 4.78 is 16.1. The van der Waals surface area contributed by atoms with Gasteiger partial charge in [-0.3, -0.25) is 0 Å². The van der Waals surface area contributed by atoms with Crippen molar-refractivity contribution in [3.8, 4) is 0 Å². The third-order valence-electron chi connectivity index (χ3n) is 3.16. The van der Waals surface area contributed by atoms with E-state index in [9.17, 15) is 9.50 Å². The molecule has 0 amide bonds. The van der Waals surface area contributed by atoms with Gasteiger partial charge in [0.05, 0.1) is 13.1 Å². The van der Waals surface area contributed by atoms with E-state index >= 15 is 0 Å². The Kier molecular flexibility index (Phi) is 3.44. The second-order valence-electron chi connectivity index (χ2n) is 4.72. The van der Waals surface area contributed by atoms with Crippen molar-refractivity contribution in [2.24, 2.45) is 0 Å². The summed E-state index contributed by atoms with van der Waals surface area (Å²) in [5.41, 5.74) is -0.746. The van der Waals surface area contributed by atoms with Gasteiger partial charge < -0.3 is 5.11 Å². The third-order valence-corrected chi connectivity index (χ3v) is 3.16. The molecule has 108 valence electrons. The zero-order valence-electron chi connectivity index (χ0n) is 11.0. The molecule has 3 rings (SSSR count). The van der Waals surface area contributed by atoms with Gasteiger partial charge in [0.1, 0.15) is 36.7 Å². The summed E-state index contributed by atoms with van der Waals surface area (Å²) in [6.07, 6.45) is 5.80. The molecule has 0 aliphatic heterocycles. The molecular formula is C13H13FN6O. The van der Waals surface area contributed by atoms with Gasteiger partial charge >= 0.3 is 0 Å². The van der Waals surface area contributed by atoms with Gasteiger partial charge in [-0.05, 0) is 17.7 Å². The van der Waals surface area contributed by atoms with Crippen molar-refractivity contribution in [1.29, 1.82) is 0 Å². The fraction of sp³-hybridized carbons (Fsp3) is 0.231. The molecule has 8 heteroatoms. The molecule has 21 heavy (non-hydrogen) atoms. The monoisotopic (exact) mass is 288 g/mol. The van der Waals surface area contributed by atoms with Crippen LogP contribution >= 0.6 is 0 Å². The quantitative estimate of drug-likeness (QED) is 0.743. The lowest BCUT2D eigenvalue weighted by molar-refractivity contribution is -0.00546. The molecule has 1 N–H and O–H groups in total. The van der Waals surface area contributed by atoms with Crippen molar-refractivity contribution in [1.82, 2.24) is 29.5 Å². The van der Waals surface area contributed by atoms with Crippen LogP contribution in [-0.4, -0.2) is 34.6 Å². The van der Waals surface area contributed by atoms with E-state index in [1.54, 1.807) is 12.1 Å². The lowest BCUT2D eigenvalue weighted by atomic mass is 9.93. The minimum Gasteiger partial charge on any atom is -0.381 e. The van der Waals surface area contributed by atoms with E-state index < -0.39 is 5.60 Å². The van der Waals surface area contributed by atoms with E-state index in [2.05, 4.69) is 20.2 Å². The van der Waals surface area contributed by atoms with Crippen molar-refractivity contribution in [3.05, 3.63) is 61.0 Å². The molecule has 7 nitrogen and oxygen atoms in total. The van der Waals surface area contributed by atoms with Crippen LogP contribution in [-0.2, 0) is 18.7 Å². The molecule has 0 spiro atoms. The predicted molar refractivity (Wildman–Crippen MR) is 70.3 cm³/mol. The maximum Gasteiger partial charge on any atom is 0.137 e. The van der Waals surface area contributed by atoms with Crippen LogP contribution in [0.3, 0.4) is 0 Å². The normalized spacial score (nSPS) is 11.7. The van der Waals surface area contributed by atoms with E-state index in [0.717, 1.165) is 0 Å². The summed E-state index contributed by atoms with van der Waals surface area (Å²) in [6.45, 7) is 0.330. The predicted octanol–water partition coefficient (Wildman–Crippen LogP) is 0.597. The molecule has 2 aromatic heterocycles. The molecule has 0 atom stereocenters. The van der Waals surface area contributed by atoms with Crippen LogP contribution in [0.4, 0.5) is 4.39 Å².